The van der Waals surface area contributed by atoms with E-state index in [1.807, 2.05) is 11.0 Å². The van der Waals surface area contributed by atoms with Crippen LogP contribution in [0.5, 0.6) is 0 Å². The molecule has 2 N–H and O–H groups in total. The van der Waals surface area contributed by atoms with Crippen LogP contribution in [0.1, 0.15) is 15.9 Å². The van der Waals surface area contributed by atoms with Gasteiger partial charge >= 0.3 is 6.09 Å². The van der Waals surface area contributed by atoms with Crippen molar-refractivity contribution in [1.82, 2.24) is 14.9 Å². The molecule has 0 unspecified atom stereocenters. The van der Waals surface area contributed by atoms with Gasteiger partial charge in [0.2, 0.25) is 5.95 Å². The molecule has 0 radical (unpaired) electrons. The number of amides is 2. The van der Waals surface area contributed by atoms with E-state index in [-0.39, 0.29) is 42.1 Å². The molecule has 5 rings (SSSR count). The number of nitrogens with one attached hydrogen (secondary N) is 1. The van der Waals surface area contributed by atoms with E-state index in [4.69, 9.17) is 23.2 Å². The van der Waals surface area contributed by atoms with Crippen LogP contribution in [0, 0.1) is 0 Å². The molecule has 2 aliphatic heterocycles. The number of hydrogen-bond acceptors (Lipinski definition) is 9. The molecule has 2 amide bonds. The molecule has 216 valence electrons. The number of aromatic nitrogens is 2. The Morgan fingerprint density at radius 3 is 2.49 bits per heavy atom. The normalized spacial score (nSPS) is 16.4. The molecule has 1 aromatic heterocycles. The highest BCUT2D eigenvalue weighted by molar-refractivity contribution is 7.91. The molecule has 0 atom stereocenters. The van der Waals surface area contributed by atoms with Crippen molar-refractivity contribution < 1.29 is 23.1 Å². The highest BCUT2D eigenvalue weighted by Gasteiger charge is 2.33. The summed E-state index contributed by atoms with van der Waals surface area (Å²) in [4.78, 5) is 40.2. The maximum Gasteiger partial charge on any atom is 0.407 e. The molecule has 1 fully saturated rings. The monoisotopic (exact) mass is 619 g/mol. The van der Waals surface area contributed by atoms with Crippen LogP contribution in [0.3, 0.4) is 0 Å². The maximum atomic E-state index is 13.4. The topological polar surface area (TPSA) is 139 Å². The summed E-state index contributed by atoms with van der Waals surface area (Å²) < 4.78 is 23.9. The molecule has 15 heteroatoms. The number of fused-ring (bicyclic) bond motifs is 1. The summed E-state index contributed by atoms with van der Waals surface area (Å²) in [6.45, 7) is 0.900. The summed E-state index contributed by atoms with van der Waals surface area (Å²) >= 11 is 12.7. The van der Waals surface area contributed by atoms with E-state index in [0.717, 1.165) is 10.6 Å². The summed E-state index contributed by atoms with van der Waals surface area (Å²) in [6, 6.07) is 10.4. The highest BCUT2D eigenvalue weighted by Crippen LogP contribution is 2.37. The van der Waals surface area contributed by atoms with E-state index in [1.54, 1.807) is 42.3 Å². The van der Waals surface area contributed by atoms with E-state index in [2.05, 4.69) is 15.3 Å². The molecule has 0 bridgehead atoms. The van der Waals surface area contributed by atoms with Gasteiger partial charge in [-0.05, 0) is 35.9 Å². The van der Waals surface area contributed by atoms with Crippen LogP contribution in [0.15, 0.2) is 42.6 Å². The first-order valence-electron chi connectivity index (χ1n) is 12.6. The van der Waals surface area contributed by atoms with Crippen LogP contribution in [0.4, 0.5) is 33.6 Å². The van der Waals surface area contributed by atoms with Crippen molar-refractivity contribution in [2.45, 2.75) is 6.54 Å². The van der Waals surface area contributed by atoms with Crippen molar-refractivity contribution in [2.75, 3.05) is 65.4 Å². The smallest absolute Gasteiger partial charge is 0.407 e. The first-order valence-corrected chi connectivity index (χ1v) is 15.1. The Hall–Kier alpha value is -3.81. The van der Waals surface area contributed by atoms with Crippen molar-refractivity contribution in [3.8, 4) is 0 Å². The average Bonchev–Trinajstić information content (AvgIpc) is 2.91. The molecule has 0 saturated carbocycles. The van der Waals surface area contributed by atoms with E-state index in [9.17, 15) is 23.1 Å². The van der Waals surface area contributed by atoms with Gasteiger partial charge in [-0.25, -0.2) is 18.2 Å². The summed E-state index contributed by atoms with van der Waals surface area (Å²) in [7, 11) is 0.168. The molecular formula is C26H27Cl2N7O5S. The van der Waals surface area contributed by atoms with E-state index in [0.29, 0.717) is 45.9 Å². The second kappa shape index (κ2) is 11.2. The molecular weight excluding hydrogens is 593 g/mol. The fourth-order valence-electron chi connectivity index (χ4n) is 4.79. The Morgan fingerprint density at radius 2 is 1.83 bits per heavy atom. The Labute approximate surface area is 247 Å². The van der Waals surface area contributed by atoms with E-state index >= 15 is 0 Å². The lowest BCUT2D eigenvalue weighted by molar-refractivity contribution is 0.0982. The number of para-hydroxylation sites is 1. The molecule has 2 aromatic carbocycles. The quantitative estimate of drug-likeness (QED) is 0.417. The molecule has 41 heavy (non-hydrogen) atoms. The predicted octanol–water partition coefficient (Wildman–Crippen LogP) is 3.93. The fraction of sp³-hybridized carbons (Fsp3) is 0.308. The molecule has 1 saturated heterocycles. The SMILES string of the molecule is CN(Cc1cc(Nc2ncc3c(n2)N(C)CN(c2c(Cl)cccc2Cl)C3=O)ccc1N1CCS(=O)(=O)CC1)C(=O)O. The summed E-state index contributed by atoms with van der Waals surface area (Å²) in [5.74, 6) is 0.394. The minimum absolute atomic E-state index is 0.0382. The zero-order valence-electron chi connectivity index (χ0n) is 22.2. The second-order valence-corrected chi connectivity index (χ2v) is 12.9. The Kier molecular flexibility index (Phi) is 7.86. The van der Waals surface area contributed by atoms with Gasteiger partial charge in [0.15, 0.2) is 9.84 Å². The van der Waals surface area contributed by atoms with Crippen molar-refractivity contribution in [1.29, 1.82) is 0 Å². The number of halogens is 2. The van der Waals surface area contributed by atoms with Crippen molar-refractivity contribution in [3.63, 3.8) is 0 Å². The molecule has 0 spiro atoms. The predicted molar refractivity (Wildman–Crippen MR) is 159 cm³/mol. The van der Waals surface area contributed by atoms with Gasteiger partial charge in [-0.15, -0.1) is 0 Å². The summed E-state index contributed by atoms with van der Waals surface area (Å²) in [5.41, 5.74) is 2.73. The lowest BCUT2D eigenvalue weighted by atomic mass is 10.1. The number of nitrogens with zero attached hydrogens (tertiary/aromatic N) is 6. The third kappa shape index (κ3) is 5.97. The number of benzene rings is 2. The molecule has 3 aromatic rings. The molecule has 3 heterocycles. The van der Waals surface area contributed by atoms with Gasteiger partial charge in [-0.2, -0.15) is 4.98 Å². The first-order chi connectivity index (χ1) is 19.4. The van der Waals surface area contributed by atoms with E-state index < -0.39 is 15.9 Å². The van der Waals surface area contributed by atoms with Crippen LogP contribution in [-0.4, -0.2) is 85.8 Å². The van der Waals surface area contributed by atoms with Gasteiger partial charge in [-0.1, -0.05) is 29.3 Å². The highest BCUT2D eigenvalue weighted by atomic mass is 35.5. The van der Waals surface area contributed by atoms with Crippen molar-refractivity contribution >= 4 is 73.9 Å². The Morgan fingerprint density at radius 1 is 1.15 bits per heavy atom. The van der Waals surface area contributed by atoms with Crippen LogP contribution < -0.4 is 20.0 Å². The second-order valence-electron chi connectivity index (χ2n) is 9.82. The van der Waals surface area contributed by atoms with Crippen molar-refractivity contribution in [2.24, 2.45) is 0 Å². The van der Waals surface area contributed by atoms with Gasteiger partial charge in [0.05, 0.1) is 40.5 Å². The van der Waals surface area contributed by atoms with Gasteiger partial charge < -0.3 is 25.1 Å². The number of sulfone groups is 1. The zero-order valence-corrected chi connectivity index (χ0v) is 24.5. The summed E-state index contributed by atoms with van der Waals surface area (Å²) in [5, 5.41) is 13.3. The lowest BCUT2D eigenvalue weighted by Crippen LogP contribution is -2.46. The standard InChI is InChI=1S/C26H27Cl2N7O5S/c1-32(26(37)38)14-16-12-17(6-7-21(16)34-8-10-41(39,40)11-9-34)30-25-29-13-18-23(31-25)33(2)15-35(24(18)36)22-19(27)4-3-5-20(22)28/h3-7,12-13H,8-11,14-15H2,1-2H3,(H,37,38)(H,29,30,31). The van der Waals surface area contributed by atoms with Gasteiger partial charge in [0.25, 0.3) is 5.91 Å². The van der Waals surface area contributed by atoms with Crippen LogP contribution in [-0.2, 0) is 16.4 Å². The van der Waals surface area contributed by atoms with Gasteiger partial charge in [-0.3, -0.25) is 9.69 Å². The average molecular weight is 621 g/mol. The molecule has 2 aliphatic rings. The number of carbonyl (C=O) groups excluding carboxylic acids is 1. The Bertz CT molecular complexity index is 1600. The first kappa shape index (κ1) is 28.7. The number of hydrogen-bond donors (Lipinski definition) is 2. The maximum absolute atomic E-state index is 13.4. The third-order valence-electron chi connectivity index (χ3n) is 6.92. The zero-order chi connectivity index (χ0) is 29.5. The largest absolute Gasteiger partial charge is 0.465 e. The minimum atomic E-state index is -3.08. The van der Waals surface area contributed by atoms with Crippen LogP contribution in [0.25, 0.3) is 0 Å². The summed E-state index contributed by atoms with van der Waals surface area (Å²) in [6.07, 6.45) is 0.343. The molecule has 12 nitrogen and oxygen atoms in total. The lowest BCUT2D eigenvalue weighted by Gasteiger charge is -2.35. The number of carbonyl (C=O) groups is 2. The Balaban J connectivity index is 1.42. The third-order valence-corrected chi connectivity index (χ3v) is 9.14. The number of carboxylic acid groups (broad SMARTS) is 1. The van der Waals surface area contributed by atoms with Gasteiger partial charge in [0, 0.05) is 44.8 Å². The number of anilines is 5. The van der Waals surface area contributed by atoms with Crippen LogP contribution in [0.2, 0.25) is 10.0 Å². The van der Waals surface area contributed by atoms with Crippen molar-refractivity contribution in [3.05, 3.63) is 63.8 Å². The van der Waals surface area contributed by atoms with Crippen LogP contribution >= 0.6 is 23.2 Å². The molecule has 0 aliphatic carbocycles. The number of rotatable bonds is 6. The van der Waals surface area contributed by atoms with E-state index in [1.165, 1.54) is 18.1 Å². The van der Waals surface area contributed by atoms with Gasteiger partial charge in [0.1, 0.15) is 11.4 Å². The fourth-order valence-corrected chi connectivity index (χ4v) is 6.59. The minimum Gasteiger partial charge on any atom is -0.465 e.